The van der Waals surface area contributed by atoms with E-state index in [1.54, 1.807) is 36.6 Å². The van der Waals surface area contributed by atoms with Gasteiger partial charge in [0, 0.05) is 17.4 Å². The summed E-state index contributed by atoms with van der Waals surface area (Å²) in [5.41, 5.74) is 2.65. The van der Waals surface area contributed by atoms with Gasteiger partial charge in [-0.2, -0.15) is 0 Å². The molecule has 32 heavy (non-hydrogen) atoms. The third-order valence-corrected chi connectivity index (χ3v) is 5.34. The van der Waals surface area contributed by atoms with Gasteiger partial charge in [-0.1, -0.05) is 36.4 Å². The minimum atomic E-state index is -0.474. The standard InChI is InChI=1S/C25H17N3O3S/c29-23-21(14-16-15-26-22-9-5-4-8-20(16)22)24(30)28(25(32)27-23)17-10-12-19(13-11-17)31-18-6-2-1-3-7-18/h1-15,30H,(H,27,29,32). The van der Waals surface area contributed by atoms with E-state index < -0.39 is 5.56 Å². The molecule has 0 atom stereocenters. The minimum Gasteiger partial charge on any atom is -0.494 e. The smallest absolute Gasteiger partial charge is 0.262 e. The molecule has 0 spiro atoms. The lowest BCUT2D eigenvalue weighted by Gasteiger charge is -2.13. The van der Waals surface area contributed by atoms with Gasteiger partial charge in [0.25, 0.3) is 5.56 Å². The molecule has 0 fully saturated rings. The number of allylic oxidation sites excluding steroid dienone is 1. The predicted molar refractivity (Wildman–Crippen MR) is 128 cm³/mol. The molecule has 0 saturated heterocycles. The maximum Gasteiger partial charge on any atom is 0.262 e. The van der Waals surface area contributed by atoms with Crippen molar-refractivity contribution in [2.24, 2.45) is 4.99 Å². The third-order valence-electron chi connectivity index (χ3n) is 5.05. The molecule has 3 aromatic carbocycles. The fourth-order valence-electron chi connectivity index (χ4n) is 3.51. The lowest BCUT2D eigenvalue weighted by atomic mass is 10.1. The number of H-pyrrole nitrogens is 1. The van der Waals surface area contributed by atoms with Gasteiger partial charge in [-0.15, -0.1) is 0 Å². The molecule has 156 valence electrons. The molecular formula is C25H17N3O3S. The summed E-state index contributed by atoms with van der Waals surface area (Å²) in [7, 11) is 0. The molecule has 2 heterocycles. The van der Waals surface area contributed by atoms with Crippen LogP contribution in [-0.2, 0) is 0 Å². The molecule has 2 N–H and O–H groups in total. The Morgan fingerprint density at radius 3 is 2.41 bits per heavy atom. The molecule has 1 aliphatic heterocycles. The number of nitrogens with zero attached hydrogens (tertiary/aromatic N) is 2. The number of aliphatic imine (C=N–C) groups is 1. The van der Waals surface area contributed by atoms with Crippen LogP contribution in [0, 0.1) is 4.77 Å². The molecule has 0 amide bonds. The number of aromatic amines is 1. The van der Waals surface area contributed by atoms with Crippen LogP contribution in [0.3, 0.4) is 0 Å². The summed E-state index contributed by atoms with van der Waals surface area (Å²) >= 11 is 5.32. The zero-order chi connectivity index (χ0) is 22.1. The minimum absolute atomic E-state index is 0.0897. The summed E-state index contributed by atoms with van der Waals surface area (Å²) in [4.78, 5) is 19.6. The molecular weight excluding hydrogens is 422 g/mol. The summed E-state index contributed by atoms with van der Waals surface area (Å²) in [5.74, 6) is 1.11. The largest absolute Gasteiger partial charge is 0.494 e. The second-order valence-electron chi connectivity index (χ2n) is 7.12. The van der Waals surface area contributed by atoms with Crippen LogP contribution < -0.4 is 10.3 Å². The number of fused-ring (bicyclic) bond motifs is 1. The Hall–Kier alpha value is -4.23. The molecule has 1 aromatic heterocycles. The Kier molecular flexibility index (Phi) is 5.01. The van der Waals surface area contributed by atoms with Crippen molar-refractivity contribution in [3.05, 3.63) is 105 Å². The highest BCUT2D eigenvalue weighted by Crippen LogP contribution is 2.33. The van der Waals surface area contributed by atoms with E-state index in [-0.39, 0.29) is 16.2 Å². The first-order valence-corrected chi connectivity index (χ1v) is 10.3. The Morgan fingerprint density at radius 1 is 0.938 bits per heavy atom. The highest BCUT2D eigenvalue weighted by Gasteiger charge is 2.16. The van der Waals surface area contributed by atoms with Crippen molar-refractivity contribution in [1.29, 1.82) is 0 Å². The van der Waals surface area contributed by atoms with Crippen molar-refractivity contribution in [1.82, 2.24) is 9.55 Å². The highest BCUT2D eigenvalue weighted by molar-refractivity contribution is 7.71. The first-order chi connectivity index (χ1) is 15.6. The number of benzene rings is 3. The van der Waals surface area contributed by atoms with E-state index in [4.69, 9.17) is 17.0 Å². The molecule has 6 nitrogen and oxygen atoms in total. The van der Waals surface area contributed by atoms with Gasteiger partial charge in [0.05, 0.1) is 11.4 Å². The Bertz CT molecular complexity index is 1480. The van der Waals surface area contributed by atoms with Crippen LogP contribution in [-0.4, -0.2) is 20.9 Å². The number of nitrogens with one attached hydrogen (secondary N) is 1. The maximum atomic E-state index is 12.6. The van der Waals surface area contributed by atoms with E-state index in [9.17, 15) is 9.90 Å². The van der Waals surface area contributed by atoms with E-state index >= 15 is 0 Å². The normalized spacial score (nSPS) is 13.3. The first-order valence-electron chi connectivity index (χ1n) is 9.87. The molecule has 4 aromatic rings. The van der Waals surface area contributed by atoms with E-state index in [2.05, 4.69) is 9.98 Å². The lowest BCUT2D eigenvalue weighted by Crippen LogP contribution is -2.16. The fraction of sp³-hybridized carbons (Fsp3) is 0. The quantitative estimate of drug-likeness (QED) is 0.403. The van der Waals surface area contributed by atoms with E-state index in [0.29, 0.717) is 11.4 Å². The van der Waals surface area contributed by atoms with E-state index in [1.165, 1.54) is 4.57 Å². The highest BCUT2D eigenvalue weighted by atomic mass is 32.1. The van der Waals surface area contributed by atoms with Crippen LogP contribution in [0.15, 0.2) is 88.6 Å². The fourth-order valence-corrected chi connectivity index (χ4v) is 3.79. The number of ether oxygens (including phenoxy) is 1. The van der Waals surface area contributed by atoms with Crippen LogP contribution in [0.5, 0.6) is 17.4 Å². The number of para-hydroxylation sites is 2. The molecule has 0 unspecified atom stereocenters. The molecule has 1 aliphatic rings. The lowest BCUT2D eigenvalue weighted by molar-refractivity contribution is 0.431. The summed E-state index contributed by atoms with van der Waals surface area (Å²) in [6, 6.07) is 24.1. The van der Waals surface area contributed by atoms with Gasteiger partial charge in [0.1, 0.15) is 17.1 Å². The van der Waals surface area contributed by atoms with Crippen molar-refractivity contribution >= 4 is 35.8 Å². The number of aromatic hydroxyl groups is 1. The summed E-state index contributed by atoms with van der Waals surface area (Å²) in [5, 5.41) is 11.0. The van der Waals surface area contributed by atoms with Crippen molar-refractivity contribution in [2.75, 3.05) is 0 Å². The monoisotopic (exact) mass is 439 g/mol. The van der Waals surface area contributed by atoms with Gasteiger partial charge in [0.15, 0.2) is 4.77 Å². The summed E-state index contributed by atoms with van der Waals surface area (Å²) in [6.07, 6.45) is 3.28. The van der Waals surface area contributed by atoms with Crippen molar-refractivity contribution in [3.8, 4) is 23.1 Å². The summed E-state index contributed by atoms with van der Waals surface area (Å²) < 4.78 is 7.31. The van der Waals surface area contributed by atoms with E-state index in [1.807, 2.05) is 54.6 Å². The molecule has 5 rings (SSSR count). The summed E-state index contributed by atoms with van der Waals surface area (Å²) in [6.45, 7) is 0. The first kappa shape index (κ1) is 19.7. The molecule has 0 radical (unpaired) electrons. The molecule has 0 aliphatic carbocycles. The average Bonchev–Trinajstić information content (AvgIpc) is 3.21. The van der Waals surface area contributed by atoms with Gasteiger partial charge in [-0.05, 0) is 60.8 Å². The average molecular weight is 439 g/mol. The van der Waals surface area contributed by atoms with Crippen molar-refractivity contribution < 1.29 is 9.84 Å². The molecule has 7 heteroatoms. The van der Waals surface area contributed by atoms with Crippen LogP contribution in [0.4, 0.5) is 5.69 Å². The Morgan fingerprint density at radius 2 is 1.62 bits per heavy atom. The third kappa shape index (κ3) is 3.66. The van der Waals surface area contributed by atoms with Gasteiger partial charge < -0.3 is 9.84 Å². The van der Waals surface area contributed by atoms with Gasteiger partial charge in [-0.25, -0.2) is 0 Å². The van der Waals surface area contributed by atoms with Crippen LogP contribution in [0.25, 0.3) is 17.3 Å². The number of hydrogen-bond donors (Lipinski definition) is 2. The van der Waals surface area contributed by atoms with Gasteiger partial charge >= 0.3 is 0 Å². The Labute approximate surface area is 188 Å². The van der Waals surface area contributed by atoms with Crippen LogP contribution in [0.1, 0.15) is 11.1 Å². The van der Waals surface area contributed by atoms with Crippen LogP contribution in [0.2, 0.25) is 0 Å². The van der Waals surface area contributed by atoms with Crippen molar-refractivity contribution in [3.63, 3.8) is 0 Å². The Balaban J connectivity index is 1.53. The number of rotatable bonds is 4. The maximum absolute atomic E-state index is 12.6. The van der Waals surface area contributed by atoms with Crippen LogP contribution >= 0.6 is 12.2 Å². The van der Waals surface area contributed by atoms with Gasteiger partial charge in [-0.3, -0.25) is 19.3 Å². The molecule has 0 saturated carbocycles. The number of hydrogen-bond acceptors (Lipinski definition) is 5. The number of aromatic nitrogens is 2. The molecule has 0 bridgehead atoms. The van der Waals surface area contributed by atoms with Crippen molar-refractivity contribution in [2.45, 2.75) is 0 Å². The zero-order valence-corrected chi connectivity index (χ0v) is 17.5. The topological polar surface area (TPSA) is 79.6 Å². The SMILES string of the molecule is O=c1[nH]c(=S)n(-c2ccc(Oc3ccccc3)cc2)c(O)c1C=C1C=Nc2ccccc21. The predicted octanol–water partition coefficient (Wildman–Crippen LogP) is 5.65. The van der Waals surface area contributed by atoms with E-state index in [0.717, 1.165) is 22.6 Å². The zero-order valence-electron chi connectivity index (χ0n) is 16.7. The second-order valence-corrected chi connectivity index (χ2v) is 7.50. The van der Waals surface area contributed by atoms with Gasteiger partial charge in [0.2, 0.25) is 5.88 Å². The second kappa shape index (κ2) is 8.13.